The van der Waals surface area contributed by atoms with Crippen LogP contribution >= 0.6 is 0 Å². The van der Waals surface area contributed by atoms with E-state index in [4.69, 9.17) is 4.74 Å². The van der Waals surface area contributed by atoms with Gasteiger partial charge < -0.3 is 19.9 Å². The zero-order valence-corrected chi connectivity index (χ0v) is 13.5. The lowest BCUT2D eigenvalue weighted by Crippen LogP contribution is -2.44. The molecule has 0 spiro atoms. The van der Waals surface area contributed by atoms with E-state index in [-0.39, 0.29) is 23.6 Å². The predicted molar refractivity (Wildman–Crippen MR) is 89.3 cm³/mol. The minimum absolute atomic E-state index is 0.0406. The van der Waals surface area contributed by atoms with Gasteiger partial charge >= 0.3 is 6.09 Å². The Balaban J connectivity index is 1.45. The van der Waals surface area contributed by atoms with Crippen LogP contribution in [-0.2, 0) is 4.74 Å². The molecule has 2 amide bonds. The number of alkyl carbamates (subject to hydrolysis) is 1. The van der Waals surface area contributed by atoms with Crippen LogP contribution in [0.1, 0.15) is 23.2 Å². The first kappa shape index (κ1) is 15.6. The van der Waals surface area contributed by atoms with Crippen molar-refractivity contribution in [2.24, 2.45) is 5.92 Å². The highest BCUT2D eigenvalue weighted by molar-refractivity contribution is 5.97. The minimum Gasteiger partial charge on any atom is -0.447 e. The van der Waals surface area contributed by atoms with Crippen LogP contribution in [0.3, 0.4) is 0 Å². The number of hydrogen-bond donors (Lipinski definition) is 2. The molecule has 2 aromatic heterocycles. The third kappa shape index (κ3) is 2.95. The molecule has 4 rings (SSSR count). The second-order valence-electron chi connectivity index (χ2n) is 6.45. The van der Waals surface area contributed by atoms with Crippen LogP contribution in [0, 0.1) is 5.92 Å². The largest absolute Gasteiger partial charge is 0.447 e. The van der Waals surface area contributed by atoms with Gasteiger partial charge in [0.15, 0.2) is 0 Å². The Labute approximate surface area is 143 Å². The van der Waals surface area contributed by atoms with Crippen molar-refractivity contribution in [1.82, 2.24) is 20.2 Å². The Morgan fingerprint density at radius 1 is 1.28 bits per heavy atom. The van der Waals surface area contributed by atoms with Crippen molar-refractivity contribution in [3.05, 3.63) is 40.4 Å². The summed E-state index contributed by atoms with van der Waals surface area (Å²) in [6.07, 6.45) is 4.28. The molecule has 1 atom stereocenters. The maximum Gasteiger partial charge on any atom is 0.407 e. The summed E-state index contributed by atoms with van der Waals surface area (Å²) in [5.41, 5.74) is 0.543. The summed E-state index contributed by atoms with van der Waals surface area (Å²) >= 11 is 0. The number of cyclic esters (lactones) is 1. The topological polar surface area (TPSA) is 104 Å². The van der Waals surface area contributed by atoms with Gasteiger partial charge in [0.1, 0.15) is 12.1 Å². The lowest BCUT2D eigenvalue weighted by molar-refractivity contribution is 0.0671. The molecule has 8 nitrogen and oxygen atoms in total. The number of nitrogens with zero attached hydrogens (tertiary/aromatic N) is 2. The molecule has 0 saturated carbocycles. The maximum absolute atomic E-state index is 12.7. The summed E-state index contributed by atoms with van der Waals surface area (Å²) in [4.78, 5) is 44.1. The lowest BCUT2D eigenvalue weighted by Gasteiger charge is -2.34. The molecule has 2 aromatic rings. The van der Waals surface area contributed by atoms with E-state index in [9.17, 15) is 14.4 Å². The molecule has 2 aliphatic heterocycles. The van der Waals surface area contributed by atoms with E-state index in [1.165, 1.54) is 6.20 Å². The van der Waals surface area contributed by atoms with Crippen molar-refractivity contribution in [2.45, 2.75) is 18.9 Å². The highest BCUT2D eigenvalue weighted by Crippen LogP contribution is 2.24. The van der Waals surface area contributed by atoms with Crippen molar-refractivity contribution in [2.75, 3.05) is 19.7 Å². The normalized spacial score (nSPS) is 21.2. The summed E-state index contributed by atoms with van der Waals surface area (Å²) in [7, 11) is 0. The van der Waals surface area contributed by atoms with Gasteiger partial charge in [0, 0.05) is 30.9 Å². The van der Waals surface area contributed by atoms with E-state index in [0.29, 0.717) is 42.1 Å². The lowest BCUT2D eigenvalue weighted by atomic mass is 9.90. The number of rotatable bonds is 2. The number of likely N-dealkylation sites (tertiary alicyclic amines) is 1. The van der Waals surface area contributed by atoms with E-state index >= 15 is 0 Å². The minimum atomic E-state index is -0.360. The smallest absolute Gasteiger partial charge is 0.407 e. The summed E-state index contributed by atoms with van der Waals surface area (Å²) in [5.74, 6) is 0.239. The molecule has 0 radical (unpaired) electrons. The Hall–Kier alpha value is -2.90. The fraction of sp³-hybridized carbons (Fsp3) is 0.412. The number of nitrogens with one attached hydrogen (secondary N) is 2. The molecule has 2 aliphatic rings. The fourth-order valence-corrected chi connectivity index (χ4v) is 3.53. The number of hydrogen-bond acceptors (Lipinski definition) is 5. The van der Waals surface area contributed by atoms with E-state index < -0.39 is 0 Å². The molecule has 1 unspecified atom stereocenters. The number of amides is 2. The van der Waals surface area contributed by atoms with Gasteiger partial charge in [-0.2, -0.15) is 0 Å². The number of aromatic nitrogens is 2. The molecule has 2 saturated heterocycles. The molecular weight excluding hydrogens is 324 g/mol. The number of H-pyrrole nitrogens is 1. The number of carbonyl (C=O) groups is 2. The highest BCUT2D eigenvalue weighted by atomic mass is 16.6. The van der Waals surface area contributed by atoms with Crippen LogP contribution in [0.25, 0.3) is 10.9 Å². The number of aromatic amines is 1. The van der Waals surface area contributed by atoms with Crippen LogP contribution in [0.2, 0.25) is 0 Å². The Bertz CT molecular complexity index is 886. The van der Waals surface area contributed by atoms with E-state index in [0.717, 1.165) is 12.8 Å². The van der Waals surface area contributed by atoms with Crippen LogP contribution in [0.4, 0.5) is 4.79 Å². The number of ether oxygens (including phenoxy) is 1. The first-order valence-corrected chi connectivity index (χ1v) is 8.32. The second kappa shape index (κ2) is 6.19. The molecule has 2 fully saturated rings. The highest BCUT2D eigenvalue weighted by Gasteiger charge is 2.33. The third-order valence-corrected chi connectivity index (χ3v) is 4.95. The van der Waals surface area contributed by atoms with Gasteiger partial charge in [-0.15, -0.1) is 0 Å². The van der Waals surface area contributed by atoms with Crippen molar-refractivity contribution in [1.29, 1.82) is 0 Å². The standard InChI is InChI=1S/C17H18N4O4/c22-15-14-11(1-4-18-15)7-12(8-19-14)16(23)21-5-2-10(3-6-21)13-9-25-17(24)20-13/h1,4,7-8,10,13H,2-3,5-6,9H2,(H,18,22)(H,20,24). The molecule has 2 N–H and O–H groups in total. The summed E-state index contributed by atoms with van der Waals surface area (Å²) in [6, 6.07) is 3.48. The maximum atomic E-state index is 12.7. The van der Waals surface area contributed by atoms with Crippen LogP contribution in [-0.4, -0.2) is 52.6 Å². The summed E-state index contributed by atoms with van der Waals surface area (Å²) in [6.45, 7) is 1.66. The molecular formula is C17H18N4O4. The molecule has 8 heteroatoms. The number of pyridine rings is 2. The van der Waals surface area contributed by atoms with Gasteiger partial charge in [0.05, 0.1) is 11.6 Å². The second-order valence-corrected chi connectivity index (χ2v) is 6.45. The molecule has 0 aromatic carbocycles. The van der Waals surface area contributed by atoms with Gasteiger partial charge in [-0.25, -0.2) is 9.78 Å². The predicted octanol–water partition coefficient (Wildman–Crippen LogP) is 0.884. The average molecular weight is 342 g/mol. The van der Waals surface area contributed by atoms with Crippen LogP contribution < -0.4 is 10.9 Å². The van der Waals surface area contributed by atoms with Gasteiger partial charge in [-0.05, 0) is 30.9 Å². The first-order valence-electron chi connectivity index (χ1n) is 8.32. The van der Waals surface area contributed by atoms with Crippen molar-refractivity contribution >= 4 is 22.9 Å². The quantitative estimate of drug-likeness (QED) is 0.843. The van der Waals surface area contributed by atoms with Crippen molar-refractivity contribution in [3.63, 3.8) is 0 Å². The molecule has 4 heterocycles. The fourth-order valence-electron chi connectivity index (χ4n) is 3.53. The Morgan fingerprint density at radius 2 is 2.08 bits per heavy atom. The Kier molecular flexibility index (Phi) is 3.87. The molecule has 25 heavy (non-hydrogen) atoms. The van der Waals surface area contributed by atoms with Gasteiger partial charge in [0.2, 0.25) is 0 Å². The van der Waals surface area contributed by atoms with Crippen molar-refractivity contribution < 1.29 is 14.3 Å². The summed E-state index contributed by atoms with van der Waals surface area (Å²) < 4.78 is 4.95. The van der Waals surface area contributed by atoms with Gasteiger partial charge in [-0.3, -0.25) is 9.59 Å². The van der Waals surface area contributed by atoms with E-state index in [1.807, 2.05) is 0 Å². The summed E-state index contributed by atoms with van der Waals surface area (Å²) in [5, 5.41) is 3.47. The van der Waals surface area contributed by atoms with Gasteiger partial charge in [0.25, 0.3) is 11.5 Å². The first-order chi connectivity index (χ1) is 12.1. The Morgan fingerprint density at radius 3 is 2.80 bits per heavy atom. The van der Waals surface area contributed by atoms with E-state index in [2.05, 4.69) is 15.3 Å². The monoisotopic (exact) mass is 342 g/mol. The molecule has 0 bridgehead atoms. The molecule has 130 valence electrons. The van der Waals surface area contributed by atoms with Crippen molar-refractivity contribution in [3.8, 4) is 0 Å². The number of carbonyl (C=O) groups excluding carboxylic acids is 2. The number of piperidine rings is 1. The number of fused-ring (bicyclic) bond motifs is 1. The molecule has 0 aliphatic carbocycles. The van der Waals surface area contributed by atoms with E-state index in [1.54, 1.807) is 23.2 Å². The van der Waals surface area contributed by atoms with Crippen LogP contribution in [0.15, 0.2) is 29.3 Å². The third-order valence-electron chi connectivity index (χ3n) is 4.95. The SMILES string of the molecule is O=C1NC(C2CCN(C(=O)c3cnc4c(=O)[nH]ccc4c3)CC2)CO1. The van der Waals surface area contributed by atoms with Crippen LogP contribution in [0.5, 0.6) is 0 Å². The zero-order valence-electron chi connectivity index (χ0n) is 13.5. The average Bonchev–Trinajstić information content (AvgIpc) is 3.07. The zero-order chi connectivity index (χ0) is 17.4. The van der Waals surface area contributed by atoms with Gasteiger partial charge in [-0.1, -0.05) is 0 Å².